The molecule has 1 fully saturated rings. The summed E-state index contributed by atoms with van der Waals surface area (Å²) >= 11 is 1.96. The Hall–Kier alpha value is 0.01000. The summed E-state index contributed by atoms with van der Waals surface area (Å²) in [5.74, 6) is 2.20. The van der Waals surface area contributed by atoms with Crippen LogP contribution >= 0.6 is 11.8 Å². The van der Waals surface area contributed by atoms with Gasteiger partial charge >= 0.3 is 0 Å². The molecule has 0 spiro atoms. The monoisotopic (exact) mass is 229 g/mol. The van der Waals surface area contributed by atoms with Crippen molar-refractivity contribution in [1.29, 1.82) is 0 Å². The largest absolute Gasteiger partial charge is 0.375 e. The fourth-order valence-electron chi connectivity index (χ4n) is 1.78. The third-order valence-corrected chi connectivity index (χ3v) is 3.78. The highest BCUT2D eigenvalue weighted by atomic mass is 32.2. The normalized spacial score (nSPS) is 23.7. The molecule has 1 rings (SSSR count). The van der Waals surface area contributed by atoms with Crippen molar-refractivity contribution >= 4 is 11.8 Å². The van der Waals surface area contributed by atoms with Gasteiger partial charge in [0.05, 0.1) is 12.7 Å². The van der Waals surface area contributed by atoms with Crippen LogP contribution in [-0.4, -0.2) is 30.3 Å². The van der Waals surface area contributed by atoms with E-state index in [0.717, 1.165) is 31.0 Å². The molecule has 0 aromatic heterocycles. The van der Waals surface area contributed by atoms with Gasteiger partial charge < -0.3 is 10.5 Å². The number of hydrogen-bond acceptors (Lipinski definition) is 3. The molecule has 1 saturated heterocycles. The van der Waals surface area contributed by atoms with Gasteiger partial charge in [-0.1, -0.05) is 18.9 Å². The summed E-state index contributed by atoms with van der Waals surface area (Å²) < 4.78 is 5.66. The second kappa shape index (κ2) is 8.20. The zero-order chi connectivity index (χ0) is 10.9. The number of hydrogen-bond donors (Lipinski definition) is 1. The Kier molecular flexibility index (Phi) is 7.14. The highest BCUT2D eigenvalue weighted by Gasteiger charge is 2.20. The Labute approximate surface area is 97.6 Å². The van der Waals surface area contributed by atoms with E-state index in [0.29, 0.717) is 6.10 Å². The van der Waals surface area contributed by atoms with Crippen LogP contribution in [0, 0.1) is 0 Å². The van der Waals surface area contributed by atoms with Gasteiger partial charge in [-0.2, -0.15) is 11.8 Å². The van der Waals surface area contributed by atoms with Crippen molar-refractivity contribution in [3.63, 3.8) is 0 Å². The van der Waals surface area contributed by atoms with Crippen LogP contribution < -0.4 is 5.73 Å². The fourth-order valence-corrected chi connectivity index (χ4v) is 2.74. The molecular formula is C12H23NOS. The lowest BCUT2D eigenvalue weighted by molar-refractivity contribution is 0.0545. The van der Waals surface area contributed by atoms with E-state index in [9.17, 15) is 0 Å². The van der Waals surface area contributed by atoms with Crippen molar-refractivity contribution in [3.05, 3.63) is 12.7 Å². The van der Waals surface area contributed by atoms with Crippen molar-refractivity contribution in [3.8, 4) is 0 Å². The van der Waals surface area contributed by atoms with Crippen molar-refractivity contribution in [2.24, 2.45) is 5.73 Å². The maximum Gasteiger partial charge on any atom is 0.0816 e. The third-order valence-electron chi connectivity index (χ3n) is 2.76. The van der Waals surface area contributed by atoms with Crippen LogP contribution in [0.15, 0.2) is 12.7 Å². The first-order valence-electron chi connectivity index (χ1n) is 5.90. The summed E-state index contributed by atoms with van der Waals surface area (Å²) in [5, 5.41) is 0. The first-order valence-corrected chi connectivity index (χ1v) is 7.06. The van der Waals surface area contributed by atoms with Crippen LogP contribution in [-0.2, 0) is 4.74 Å². The van der Waals surface area contributed by atoms with Crippen LogP contribution in [0.25, 0.3) is 0 Å². The minimum absolute atomic E-state index is 0.238. The van der Waals surface area contributed by atoms with Gasteiger partial charge in [0, 0.05) is 17.5 Å². The van der Waals surface area contributed by atoms with Crippen molar-refractivity contribution in [2.45, 2.75) is 44.2 Å². The highest BCUT2D eigenvalue weighted by molar-refractivity contribution is 7.99. The molecule has 2 N–H and O–H groups in total. The summed E-state index contributed by atoms with van der Waals surface area (Å²) in [6, 6.07) is 0.238. The van der Waals surface area contributed by atoms with E-state index >= 15 is 0 Å². The fraction of sp³-hybridized carbons (Fsp3) is 0.833. The number of thioether (sulfide) groups is 1. The molecule has 1 aliphatic heterocycles. The van der Waals surface area contributed by atoms with E-state index < -0.39 is 0 Å². The molecule has 0 amide bonds. The summed E-state index contributed by atoms with van der Waals surface area (Å²) in [7, 11) is 0. The molecule has 15 heavy (non-hydrogen) atoms. The van der Waals surface area contributed by atoms with E-state index in [4.69, 9.17) is 10.5 Å². The number of nitrogens with two attached hydrogens (primary N) is 1. The molecule has 1 heterocycles. The standard InChI is InChI=1S/C12H23NOS/c1-2-3-4-5-6-7-11(13)12-10-15-9-8-14-12/h2,11-12H,1,3-10,13H2. The smallest absolute Gasteiger partial charge is 0.0816 e. The molecule has 0 aromatic carbocycles. The molecule has 88 valence electrons. The maximum absolute atomic E-state index is 6.10. The van der Waals surface area contributed by atoms with Crippen LogP contribution in [0.5, 0.6) is 0 Å². The van der Waals surface area contributed by atoms with Gasteiger partial charge in [0.2, 0.25) is 0 Å². The maximum atomic E-state index is 6.10. The van der Waals surface area contributed by atoms with E-state index in [1.807, 2.05) is 17.8 Å². The summed E-state index contributed by atoms with van der Waals surface area (Å²) in [5.41, 5.74) is 6.10. The molecular weight excluding hydrogens is 206 g/mol. The quantitative estimate of drug-likeness (QED) is 0.538. The van der Waals surface area contributed by atoms with E-state index in [1.165, 1.54) is 19.3 Å². The van der Waals surface area contributed by atoms with Crippen molar-refractivity contribution < 1.29 is 4.74 Å². The van der Waals surface area contributed by atoms with Gasteiger partial charge in [0.15, 0.2) is 0 Å². The average molecular weight is 229 g/mol. The molecule has 2 nitrogen and oxygen atoms in total. The SMILES string of the molecule is C=CCCCCCC(N)C1CSCCO1. The number of unbranched alkanes of at least 4 members (excludes halogenated alkanes) is 3. The predicted molar refractivity (Wildman–Crippen MR) is 68.3 cm³/mol. The van der Waals surface area contributed by atoms with Gasteiger partial charge in [-0.25, -0.2) is 0 Å². The van der Waals surface area contributed by atoms with Crippen molar-refractivity contribution in [2.75, 3.05) is 18.1 Å². The first-order chi connectivity index (χ1) is 7.34. The van der Waals surface area contributed by atoms with E-state index in [-0.39, 0.29) is 6.04 Å². The molecule has 0 aromatic rings. The summed E-state index contributed by atoms with van der Waals surface area (Å²) in [6.07, 6.45) is 8.24. The number of allylic oxidation sites excluding steroid dienone is 1. The highest BCUT2D eigenvalue weighted by Crippen LogP contribution is 2.17. The lowest BCUT2D eigenvalue weighted by atomic mass is 10.0. The second-order valence-corrected chi connectivity index (χ2v) is 5.22. The Morgan fingerprint density at radius 1 is 1.47 bits per heavy atom. The number of rotatable bonds is 7. The molecule has 2 unspecified atom stereocenters. The lowest BCUT2D eigenvalue weighted by Gasteiger charge is -2.27. The van der Waals surface area contributed by atoms with Gasteiger partial charge in [-0.3, -0.25) is 0 Å². The van der Waals surface area contributed by atoms with Gasteiger partial charge in [0.1, 0.15) is 0 Å². The molecule has 0 saturated carbocycles. The Balaban J connectivity index is 2.01. The zero-order valence-electron chi connectivity index (χ0n) is 9.49. The van der Waals surface area contributed by atoms with Gasteiger partial charge in [-0.05, 0) is 19.3 Å². The average Bonchev–Trinajstić information content (AvgIpc) is 2.30. The van der Waals surface area contributed by atoms with Crippen LogP contribution in [0.3, 0.4) is 0 Å². The molecule has 2 atom stereocenters. The Morgan fingerprint density at radius 2 is 2.33 bits per heavy atom. The topological polar surface area (TPSA) is 35.2 Å². The molecule has 0 aliphatic carbocycles. The van der Waals surface area contributed by atoms with E-state index in [2.05, 4.69) is 6.58 Å². The second-order valence-electron chi connectivity index (χ2n) is 4.07. The Morgan fingerprint density at radius 3 is 3.00 bits per heavy atom. The molecule has 3 heteroatoms. The lowest BCUT2D eigenvalue weighted by Crippen LogP contribution is -2.41. The minimum Gasteiger partial charge on any atom is -0.375 e. The van der Waals surface area contributed by atoms with E-state index in [1.54, 1.807) is 0 Å². The molecule has 0 radical (unpaired) electrons. The van der Waals surface area contributed by atoms with Crippen LogP contribution in [0.2, 0.25) is 0 Å². The summed E-state index contributed by atoms with van der Waals surface area (Å²) in [4.78, 5) is 0. The number of ether oxygens (including phenoxy) is 1. The van der Waals surface area contributed by atoms with Crippen LogP contribution in [0.4, 0.5) is 0 Å². The third kappa shape index (κ3) is 5.59. The first kappa shape index (κ1) is 13.1. The molecule has 0 bridgehead atoms. The van der Waals surface area contributed by atoms with Crippen LogP contribution in [0.1, 0.15) is 32.1 Å². The Bertz CT molecular complexity index is 169. The van der Waals surface area contributed by atoms with Gasteiger partial charge in [0.25, 0.3) is 0 Å². The zero-order valence-corrected chi connectivity index (χ0v) is 10.3. The summed E-state index contributed by atoms with van der Waals surface area (Å²) in [6.45, 7) is 4.59. The minimum atomic E-state index is 0.238. The predicted octanol–water partition coefficient (Wildman–Crippen LogP) is 2.58. The molecule has 1 aliphatic rings. The van der Waals surface area contributed by atoms with Crippen molar-refractivity contribution in [1.82, 2.24) is 0 Å². The van der Waals surface area contributed by atoms with Gasteiger partial charge in [-0.15, -0.1) is 6.58 Å².